The molecule has 0 unspecified atom stereocenters. The topological polar surface area (TPSA) is 43.1 Å². The molecule has 3 rings (SSSR count). The predicted octanol–water partition coefficient (Wildman–Crippen LogP) is 3.10. The van der Waals surface area contributed by atoms with E-state index in [0.717, 1.165) is 5.56 Å². The highest BCUT2D eigenvalue weighted by Gasteiger charge is 2.10. The lowest BCUT2D eigenvalue weighted by atomic mass is 10.2. The van der Waals surface area contributed by atoms with Crippen molar-refractivity contribution >= 4 is 28.8 Å². The SMILES string of the molecule is Clc1ccc(-c2nnc3c(Cl)nccn23)cc1. The molecule has 0 atom stereocenters. The van der Waals surface area contributed by atoms with E-state index < -0.39 is 0 Å². The van der Waals surface area contributed by atoms with Crippen molar-refractivity contribution < 1.29 is 0 Å². The van der Waals surface area contributed by atoms with Crippen molar-refractivity contribution in [2.45, 2.75) is 0 Å². The highest BCUT2D eigenvalue weighted by atomic mass is 35.5. The van der Waals surface area contributed by atoms with Gasteiger partial charge in [0.2, 0.25) is 0 Å². The lowest BCUT2D eigenvalue weighted by Crippen LogP contribution is -1.90. The van der Waals surface area contributed by atoms with Crippen molar-refractivity contribution in [2.24, 2.45) is 0 Å². The third-order valence-corrected chi connectivity index (χ3v) is 2.90. The largest absolute Gasteiger partial charge is 0.278 e. The first-order valence-electron chi connectivity index (χ1n) is 4.87. The van der Waals surface area contributed by atoms with Crippen LogP contribution in [0.5, 0.6) is 0 Å². The number of hydrogen-bond acceptors (Lipinski definition) is 3. The second-order valence-electron chi connectivity index (χ2n) is 3.44. The number of fused-ring (bicyclic) bond motifs is 1. The molecule has 6 heteroatoms. The van der Waals surface area contributed by atoms with Gasteiger partial charge in [0.15, 0.2) is 16.6 Å². The quantitative estimate of drug-likeness (QED) is 0.679. The zero-order chi connectivity index (χ0) is 11.8. The average molecular weight is 265 g/mol. The number of nitrogens with zero attached hydrogens (tertiary/aromatic N) is 4. The van der Waals surface area contributed by atoms with Crippen molar-refractivity contribution in [2.75, 3.05) is 0 Å². The summed E-state index contributed by atoms with van der Waals surface area (Å²) in [6, 6.07) is 7.38. The summed E-state index contributed by atoms with van der Waals surface area (Å²) in [6.45, 7) is 0. The molecule has 0 N–H and O–H groups in total. The fourth-order valence-corrected chi connectivity index (χ4v) is 1.90. The standard InChI is InChI=1S/C11H6Cl2N4/c12-8-3-1-7(2-4-8)10-15-16-11-9(13)14-5-6-17(10)11/h1-6H. The van der Waals surface area contributed by atoms with E-state index in [1.807, 2.05) is 12.1 Å². The van der Waals surface area contributed by atoms with Crippen LogP contribution in [0.4, 0.5) is 0 Å². The summed E-state index contributed by atoms with van der Waals surface area (Å²) in [5.74, 6) is 0.709. The number of rotatable bonds is 1. The van der Waals surface area contributed by atoms with E-state index in [9.17, 15) is 0 Å². The van der Waals surface area contributed by atoms with Gasteiger partial charge in [-0.1, -0.05) is 23.2 Å². The summed E-state index contributed by atoms with van der Waals surface area (Å²) >= 11 is 11.8. The van der Waals surface area contributed by atoms with Gasteiger partial charge >= 0.3 is 0 Å². The molecule has 3 aromatic rings. The molecule has 0 bridgehead atoms. The molecule has 2 aromatic heterocycles. The van der Waals surface area contributed by atoms with Crippen LogP contribution in [0.15, 0.2) is 36.7 Å². The second-order valence-corrected chi connectivity index (χ2v) is 4.24. The molecule has 17 heavy (non-hydrogen) atoms. The van der Waals surface area contributed by atoms with Crippen LogP contribution < -0.4 is 0 Å². The summed E-state index contributed by atoms with van der Waals surface area (Å²) in [7, 11) is 0. The minimum Gasteiger partial charge on any atom is -0.278 e. The predicted molar refractivity (Wildman–Crippen MR) is 66.2 cm³/mol. The lowest BCUT2D eigenvalue weighted by molar-refractivity contribution is 1.11. The van der Waals surface area contributed by atoms with E-state index in [1.165, 1.54) is 0 Å². The molecule has 4 nitrogen and oxygen atoms in total. The Hall–Kier alpha value is -1.65. The summed E-state index contributed by atoms with van der Waals surface area (Å²) in [5.41, 5.74) is 1.46. The molecule has 0 saturated carbocycles. The Balaban J connectivity index is 2.24. The summed E-state index contributed by atoms with van der Waals surface area (Å²) < 4.78 is 1.79. The summed E-state index contributed by atoms with van der Waals surface area (Å²) in [4.78, 5) is 3.95. The Labute approximate surface area is 107 Å². The number of aromatic nitrogens is 4. The van der Waals surface area contributed by atoms with Crippen LogP contribution in [-0.2, 0) is 0 Å². The van der Waals surface area contributed by atoms with Gasteiger partial charge in [-0.2, -0.15) is 0 Å². The molecule has 2 heterocycles. The second kappa shape index (κ2) is 3.98. The third-order valence-electron chi connectivity index (χ3n) is 2.39. The van der Waals surface area contributed by atoms with Gasteiger partial charge in [-0.3, -0.25) is 4.40 Å². The minimum absolute atomic E-state index is 0.334. The normalized spacial score (nSPS) is 10.9. The molecule has 0 aliphatic carbocycles. The molecule has 0 amide bonds. The fraction of sp³-hybridized carbons (Fsp3) is 0. The Morgan fingerprint density at radius 2 is 1.76 bits per heavy atom. The van der Waals surface area contributed by atoms with E-state index in [4.69, 9.17) is 23.2 Å². The Bertz CT molecular complexity index is 676. The highest BCUT2D eigenvalue weighted by Crippen LogP contribution is 2.22. The Morgan fingerprint density at radius 3 is 2.53 bits per heavy atom. The lowest BCUT2D eigenvalue weighted by Gasteiger charge is -2.00. The molecule has 0 radical (unpaired) electrons. The number of halogens is 2. The van der Waals surface area contributed by atoms with Gasteiger partial charge in [0.25, 0.3) is 0 Å². The highest BCUT2D eigenvalue weighted by molar-refractivity contribution is 6.32. The Kier molecular flexibility index (Phi) is 2.46. The summed E-state index contributed by atoms with van der Waals surface area (Å²) in [5, 5.41) is 9.12. The van der Waals surface area contributed by atoms with E-state index in [1.54, 1.807) is 28.9 Å². The molecular formula is C11H6Cl2N4. The molecule has 0 spiro atoms. The molecule has 0 fully saturated rings. The average Bonchev–Trinajstić information content (AvgIpc) is 2.75. The molecule has 0 aliphatic rings. The van der Waals surface area contributed by atoms with Crippen molar-refractivity contribution in [3.63, 3.8) is 0 Å². The van der Waals surface area contributed by atoms with Crippen molar-refractivity contribution in [1.29, 1.82) is 0 Å². The third kappa shape index (κ3) is 1.75. The van der Waals surface area contributed by atoms with Gasteiger partial charge in [0.1, 0.15) is 0 Å². The number of hydrogen-bond donors (Lipinski definition) is 0. The summed E-state index contributed by atoms with van der Waals surface area (Å²) in [6.07, 6.45) is 3.38. The number of benzene rings is 1. The Morgan fingerprint density at radius 1 is 1.00 bits per heavy atom. The zero-order valence-corrected chi connectivity index (χ0v) is 10.0. The first-order valence-corrected chi connectivity index (χ1v) is 5.62. The van der Waals surface area contributed by atoms with Gasteiger partial charge in [-0.05, 0) is 24.3 Å². The van der Waals surface area contributed by atoms with Crippen LogP contribution in [-0.4, -0.2) is 19.6 Å². The van der Waals surface area contributed by atoms with Gasteiger partial charge in [0, 0.05) is 23.0 Å². The van der Waals surface area contributed by atoms with Gasteiger partial charge in [-0.25, -0.2) is 4.98 Å². The van der Waals surface area contributed by atoms with Crippen molar-refractivity contribution in [3.05, 3.63) is 46.8 Å². The van der Waals surface area contributed by atoms with Crippen LogP contribution >= 0.6 is 23.2 Å². The van der Waals surface area contributed by atoms with Gasteiger partial charge in [-0.15, -0.1) is 10.2 Å². The van der Waals surface area contributed by atoms with E-state index in [0.29, 0.717) is 21.6 Å². The maximum absolute atomic E-state index is 5.93. The first-order chi connectivity index (χ1) is 8.25. The van der Waals surface area contributed by atoms with Crippen molar-refractivity contribution in [3.8, 4) is 11.4 Å². The molecule has 0 aliphatic heterocycles. The van der Waals surface area contributed by atoms with Crippen LogP contribution in [0.3, 0.4) is 0 Å². The zero-order valence-electron chi connectivity index (χ0n) is 8.51. The maximum Gasteiger partial charge on any atom is 0.198 e. The fourth-order valence-electron chi connectivity index (χ4n) is 1.59. The van der Waals surface area contributed by atoms with Crippen LogP contribution in [0.25, 0.3) is 17.0 Å². The molecule has 0 saturated heterocycles. The van der Waals surface area contributed by atoms with Crippen LogP contribution in [0.2, 0.25) is 10.2 Å². The van der Waals surface area contributed by atoms with E-state index >= 15 is 0 Å². The molecule has 84 valence electrons. The van der Waals surface area contributed by atoms with Crippen LogP contribution in [0, 0.1) is 0 Å². The maximum atomic E-state index is 5.93. The first kappa shape index (κ1) is 10.5. The molecule has 1 aromatic carbocycles. The van der Waals surface area contributed by atoms with E-state index in [-0.39, 0.29) is 0 Å². The minimum atomic E-state index is 0.334. The monoisotopic (exact) mass is 264 g/mol. The smallest absolute Gasteiger partial charge is 0.198 e. The van der Waals surface area contributed by atoms with E-state index in [2.05, 4.69) is 15.2 Å². The van der Waals surface area contributed by atoms with Crippen LogP contribution in [0.1, 0.15) is 0 Å². The van der Waals surface area contributed by atoms with Crippen molar-refractivity contribution in [1.82, 2.24) is 19.6 Å². The molecular weight excluding hydrogens is 259 g/mol. The van der Waals surface area contributed by atoms with Gasteiger partial charge < -0.3 is 0 Å². The van der Waals surface area contributed by atoms with Gasteiger partial charge in [0.05, 0.1) is 0 Å².